The van der Waals surface area contributed by atoms with Gasteiger partial charge >= 0.3 is 8.80 Å². The molecule has 0 aliphatic rings. The van der Waals surface area contributed by atoms with Gasteiger partial charge in [-0.25, -0.2) is 0 Å². The maximum Gasteiger partial charge on any atom is 0.492 e. The van der Waals surface area contributed by atoms with Crippen LogP contribution in [0.5, 0.6) is 0 Å². The molecule has 27 heavy (non-hydrogen) atoms. The first kappa shape index (κ1) is 18.3. The summed E-state index contributed by atoms with van der Waals surface area (Å²) < 4.78 is 0.731. The third kappa shape index (κ3) is 3.70. The SMILES string of the molecule is C[N+](C)(CCC[Si](O)(O)O)Cc1ccc2ccc3cccc4ccc1c2c34. The molecule has 4 aromatic rings. The summed E-state index contributed by atoms with van der Waals surface area (Å²) in [7, 11) is 0.345. The molecule has 0 radical (unpaired) electrons. The summed E-state index contributed by atoms with van der Waals surface area (Å²) in [6.45, 7) is 1.63. The maximum absolute atomic E-state index is 9.25. The van der Waals surface area contributed by atoms with E-state index in [4.69, 9.17) is 0 Å². The highest BCUT2D eigenvalue weighted by atomic mass is 28.4. The van der Waals surface area contributed by atoms with Crippen LogP contribution >= 0.6 is 0 Å². The van der Waals surface area contributed by atoms with E-state index in [1.165, 1.54) is 37.9 Å². The van der Waals surface area contributed by atoms with Crippen molar-refractivity contribution in [1.29, 1.82) is 0 Å². The predicted molar refractivity (Wildman–Crippen MR) is 113 cm³/mol. The van der Waals surface area contributed by atoms with Crippen LogP contribution in [0.15, 0.2) is 54.6 Å². The highest BCUT2D eigenvalue weighted by molar-refractivity contribution is 6.56. The Balaban J connectivity index is 1.72. The normalized spacial score (nSPS) is 13.2. The van der Waals surface area contributed by atoms with Crippen molar-refractivity contribution in [3.05, 3.63) is 60.2 Å². The minimum atomic E-state index is -3.95. The summed E-state index contributed by atoms with van der Waals surface area (Å²) in [6, 6.07) is 19.8. The smallest absolute Gasteiger partial charge is 0.390 e. The number of rotatable bonds is 6. The van der Waals surface area contributed by atoms with E-state index in [9.17, 15) is 14.4 Å². The molecule has 0 aliphatic carbocycles. The van der Waals surface area contributed by atoms with Gasteiger partial charge in [0.1, 0.15) is 6.54 Å². The van der Waals surface area contributed by atoms with Crippen LogP contribution in [-0.4, -0.2) is 48.3 Å². The molecular formula is C22H26NO3Si+. The van der Waals surface area contributed by atoms with Crippen molar-refractivity contribution in [2.45, 2.75) is 19.0 Å². The number of benzene rings is 4. The van der Waals surface area contributed by atoms with Gasteiger partial charge in [-0.3, -0.25) is 0 Å². The third-order valence-electron chi connectivity index (χ3n) is 5.49. The summed E-state index contributed by atoms with van der Waals surface area (Å²) in [5, 5.41) is 7.75. The van der Waals surface area contributed by atoms with E-state index in [1.54, 1.807) is 0 Å². The van der Waals surface area contributed by atoms with Crippen molar-refractivity contribution < 1.29 is 18.9 Å². The van der Waals surface area contributed by atoms with Crippen LogP contribution in [0.25, 0.3) is 32.3 Å². The van der Waals surface area contributed by atoms with E-state index < -0.39 is 8.80 Å². The van der Waals surface area contributed by atoms with Crippen molar-refractivity contribution in [3.8, 4) is 0 Å². The Bertz CT molecular complexity index is 1090. The molecular weight excluding hydrogens is 354 g/mol. The van der Waals surface area contributed by atoms with Crippen LogP contribution in [0.4, 0.5) is 0 Å². The zero-order chi connectivity index (χ0) is 19.2. The molecule has 0 aromatic heterocycles. The molecule has 3 N–H and O–H groups in total. The van der Waals surface area contributed by atoms with Crippen molar-refractivity contribution >= 4 is 41.1 Å². The Morgan fingerprint density at radius 2 is 1.37 bits per heavy atom. The Morgan fingerprint density at radius 3 is 2.04 bits per heavy atom. The molecule has 0 saturated heterocycles. The molecule has 5 heteroatoms. The van der Waals surface area contributed by atoms with Gasteiger partial charge in [0.25, 0.3) is 0 Å². The predicted octanol–water partition coefficient (Wildman–Crippen LogP) is 3.47. The molecule has 0 fully saturated rings. The molecule has 4 nitrogen and oxygen atoms in total. The van der Waals surface area contributed by atoms with E-state index in [-0.39, 0.29) is 6.04 Å². The summed E-state index contributed by atoms with van der Waals surface area (Å²) >= 11 is 0. The second-order valence-electron chi connectivity index (χ2n) is 8.28. The molecule has 0 saturated carbocycles. The lowest BCUT2D eigenvalue weighted by Crippen LogP contribution is -2.41. The average molecular weight is 381 g/mol. The highest BCUT2D eigenvalue weighted by Gasteiger charge is 2.28. The summed E-state index contributed by atoms with van der Waals surface area (Å²) in [4.78, 5) is 27.7. The molecule has 0 amide bonds. The largest absolute Gasteiger partial charge is 0.492 e. The molecule has 0 bridgehead atoms. The van der Waals surface area contributed by atoms with Gasteiger partial charge in [-0.2, -0.15) is 0 Å². The first-order valence-corrected chi connectivity index (χ1v) is 11.4. The van der Waals surface area contributed by atoms with Gasteiger partial charge in [0.2, 0.25) is 0 Å². The number of hydrogen-bond acceptors (Lipinski definition) is 3. The van der Waals surface area contributed by atoms with Gasteiger partial charge < -0.3 is 18.9 Å². The van der Waals surface area contributed by atoms with Crippen LogP contribution in [0.2, 0.25) is 6.04 Å². The lowest BCUT2D eigenvalue weighted by Gasteiger charge is -2.31. The quantitative estimate of drug-likeness (QED) is 0.273. The van der Waals surface area contributed by atoms with Gasteiger partial charge in [0, 0.05) is 18.0 Å². The van der Waals surface area contributed by atoms with Gasteiger partial charge in [-0.15, -0.1) is 0 Å². The van der Waals surface area contributed by atoms with Crippen LogP contribution < -0.4 is 0 Å². The molecule has 0 spiro atoms. The molecule has 0 atom stereocenters. The third-order valence-corrected chi connectivity index (χ3v) is 6.52. The molecule has 0 heterocycles. The van der Waals surface area contributed by atoms with Crippen molar-refractivity contribution in [1.82, 2.24) is 0 Å². The van der Waals surface area contributed by atoms with E-state index >= 15 is 0 Å². The Morgan fingerprint density at radius 1 is 0.778 bits per heavy atom. The van der Waals surface area contributed by atoms with E-state index in [1.807, 2.05) is 0 Å². The Kier molecular flexibility index (Phi) is 4.45. The molecule has 0 aliphatic heterocycles. The lowest BCUT2D eigenvalue weighted by molar-refractivity contribution is -0.903. The molecule has 140 valence electrons. The summed E-state index contributed by atoms with van der Waals surface area (Å²) in [6.07, 6.45) is 0.592. The molecule has 4 aromatic carbocycles. The minimum absolute atomic E-state index is 0.0904. The fraction of sp³-hybridized carbons (Fsp3) is 0.273. The number of hydrogen-bond donors (Lipinski definition) is 3. The molecule has 0 unspecified atom stereocenters. The highest BCUT2D eigenvalue weighted by Crippen LogP contribution is 2.36. The number of nitrogens with zero attached hydrogens (tertiary/aromatic N) is 1. The van der Waals surface area contributed by atoms with E-state index in [0.717, 1.165) is 17.6 Å². The first-order chi connectivity index (χ1) is 12.7. The van der Waals surface area contributed by atoms with Crippen LogP contribution in [0, 0.1) is 0 Å². The zero-order valence-electron chi connectivity index (χ0n) is 15.8. The second kappa shape index (κ2) is 6.55. The second-order valence-corrected chi connectivity index (χ2v) is 10.3. The van der Waals surface area contributed by atoms with E-state index in [0.29, 0.717) is 6.42 Å². The van der Waals surface area contributed by atoms with Gasteiger partial charge in [0.05, 0.1) is 20.6 Å². The Labute approximate surface area is 160 Å². The van der Waals surface area contributed by atoms with Crippen LogP contribution in [0.3, 0.4) is 0 Å². The monoisotopic (exact) mass is 380 g/mol. The maximum atomic E-state index is 9.25. The summed E-state index contributed by atoms with van der Waals surface area (Å²) in [5.74, 6) is 0. The van der Waals surface area contributed by atoms with Crippen LogP contribution in [0.1, 0.15) is 12.0 Å². The van der Waals surface area contributed by atoms with E-state index in [2.05, 4.69) is 68.7 Å². The fourth-order valence-corrected chi connectivity index (χ4v) is 4.85. The zero-order valence-corrected chi connectivity index (χ0v) is 16.8. The van der Waals surface area contributed by atoms with Crippen molar-refractivity contribution in [3.63, 3.8) is 0 Å². The molecule has 4 rings (SSSR count). The average Bonchev–Trinajstić information content (AvgIpc) is 2.59. The fourth-order valence-electron chi connectivity index (χ4n) is 4.22. The van der Waals surface area contributed by atoms with Gasteiger partial charge in [-0.1, -0.05) is 54.6 Å². The van der Waals surface area contributed by atoms with Crippen LogP contribution in [-0.2, 0) is 6.54 Å². The lowest BCUT2D eigenvalue weighted by atomic mass is 9.92. The van der Waals surface area contributed by atoms with Gasteiger partial charge in [-0.05, 0) is 32.3 Å². The number of quaternary nitrogens is 1. The topological polar surface area (TPSA) is 60.7 Å². The van der Waals surface area contributed by atoms with Crippen molar-refractivity contribution in [2.24, 2.45) is 0 Å². The first-order valence-electron chi connectivity index (χ1n) is 9.38. The Hall–Kier alpha value is -2.02. The summed E-state index contributed by atoms with van der Waals surface area (Å²) in [5.41, 5.74) is 1.30. The minimum Gasteiger partial charge on any atom is -0.390 e. The standard InChI is InChI=1S/C22H26NO3Si/c1-23(2,13-4-14-27(24,25)26)15-19-10-9-18-8-7-16-5-3-6-17-11-12-20(19)22(18)21(16)17/h3,5-12,24-26H,4,13-15H2,1-2H3/q+1. The van der Waals surface area contributed by atoms with Gasteiger partial charge in [0.15, 0.2) is 0 Å². The van der Waals surface area contributed by atoms with Crippen molar-refractivity contribution in [2.75, 3.05) is 20.6 Å².